The van der Waals surface area contributed by atoms with Crippen molar-refractivity contribution >= 4 is 5.97 Å². The van der Waals surface area contributed by atoms with E-state index in [0.29, 0.717) is 0 Å². The SMILES string of the molecule is CNC1(CC(=O)O)CCCC(C2CC2)C1. The molecule has 0 radical (unpaired) electrons. The van der Waals surface area contributed by atoms with Gasteiger partial charge in [-0.3, -0.25) is 4.79 Å². The molecule has 0 heterocycles. The summed E-state index contributed by atoms with van der Waals surface area (Å²) in [5.41, 5.74) is -0.114. The van der Waals surface area contributed by atoms with Crippen LogP contribution < -0.4 is 5.32 Å². The highest BCUT2D eigenvalue weighted by molar-refractivity contribution is 5.68. The maximum atomic E-state index is 10.9. The molecule has 3 heteroatoms. The van der Waals surface area contributed by atoms with Gasteiger partial charge in [-0.05, 0) is 44.6 Å². The molecule has 2 unspecified atom stereocenters. The molecular formula is C12H21NO2. The first kappa shape index (κ1) is 10.9. The van der Waals surface area contributed by atoms with Crippen molar-refractivity contribution in [1.29, 1.82) is 0 Å². The summed E-state index contributed by atoms with van der Waals surface area (Å²) in [5, 5.41) is 12.2. The second-order valence-electron chi connectivity index (χ2n) is 5.29. The molecule has 0 aromatic carbocycles. The van der Waals surface area contributed by atoms with E-state index in [1.54, 1.807) is 0 Å². The Morgan fingerprint density at radius 3 is 2.67 bits per heavy atom. The second-order valence-corrected chi connectivity index (χ2v) is 5.29. The maximum absolute atomic E-state index is 10.9. The largest absolute Gasteiger partial charge is 0.481 e. The van der Waals surface area contributed by atoms with Crippen molar-refractivity contribution < 1.29 is 9.90 Å². The quantitative estimate of drug-likeness (QED) is 0.748. The molecule has 2 aliphatic rings. The third-order valence-electron chi connectivity index (χ3n) is 4.19. The van der Waals surface area contributed by atoms with Gasteiger partial charge in [-0.2, -0.15) is 0 Å². The molecule has 0 spiro atoms. The summed E-state index contributed by atoms with van der Waals surface area (Å²) in [6, 6.07) is 0. The third kappa shape index (κ3) is 2.51. The molecule has 0 saturated heterocycles. The maximum Gasteiger partial charge on any atom is 0.305 e. The molecule has 2 atom stereocenters. The molecule has 3 nitrogen and oxygen atoms in total. The van der Waals surface area contributed by atoms with Crippen molar-refractivity contribution in [3.63, 3.8) is 0 Å². The van der Waals surface area contributed by atoms with Crippen LogP contribution in [0, 0.1) is 11.8 Å². The van der Waals surface area contributed by atoms with Crippen LogP contribution in [-0.2, 0) is 4.79 Å². The van der Waals surface area contributed by atoms with Crippen molar-refractivity contribution in [2.75, 3.05) is 7.05 Å². The fraction of sp³-hybridized carbons (Fsp3) is 0.917. The molecule has 0 aromatic rings. The summed E-state index contributed by atoms with van der Waals surface area (Å²) in [4.78, 5) is 10.9. The Hall–Kier alpha value is -0.570. The first-order valence-corrected chi connectivity index (χ1v) is 6.06. The van der Waals surface area contributed by atoms with Crippen LogP contribution in [0.1, 0.15) is 44.9 Å². The lowest BCUT2D eigenvalue weighted by atomic mass is 9.72. The molecule has 2 fully saturated rings. The van der Waals surface area contributed by atoms with Gasteiger partial charge in [0.25, 0.3) is 0 Å². The monoisotopic (exact) mass is 211 g/mol. The Morgan fingerprint density at radius 1 is 1.40 bits per heavy atom. The van der Waals surface area contributed by atoms with Gasteiger partial charge in [0.2, 0.25) is 0 Å². The summed E-state index contributed by atoms with van der Waals surface area (Å²) in [5.74, 6) is 1.03. The van der Waals surface area contributed by atoms with Gasteiger partial charge in [0.1, 0.15) is 0 Å². The van der Waals surface area contributed by atoms with Crippen molar-refractivity contribution in [1.82, 2.24) is 5.32 Å². The van der Waals surface area contributed by atoms with E-state index in [2.05, 4.69) is 5.32 Å². The van der Waals surface area contributed by atoms with Crippen LogP contribution in [0.4, 0.5) is 0 Å². The zero-order valence-electron chi connectivity index (χ0n) is 9.46. The summed E-state index contributed by atoms with van der Waals surface area (Å²) in [7, 11) is 1.91. The van der Waals surface area contributed by atoms with Gasteiger partial charge in [0.15, 0.2) is 0 Å². The molecule has 2 aliphatic carbocycles. The molecule has 0 aliphatic heterocycles. The molecule has 2 saturated carbocycles. The minimum Gasteiger partial charge on any atom is -0.481 e. The first-order valence-electron chi connectivity index (χ1n) is 6.06. The number of rotatable bonds is 4. The van der Waals surface area contributed by atoms with Gasteiger partial charge in [-0.15, -0.1) is 0 Å². The van der Waals surface area contributed by atoms with Crippen molar-refractivity contribution in [3.8, 4) is 0 Å². The normalized spacial score (nSPS) is 36.5. The van der Waals surface area contributed by atoms with Gasteiger partial charge in [0.05, 0.1) is 6.42 Å². The lowest BCUT2D eigenvalue weighted by molar-refractivity contribution is -0.139. The van der Waals surface area contributed by atoms with Crippen LogP contribution >= 0.6 is 0 Å². The Bertz CT molecular complexity index is 250. The number of carboxylic acids is 1. The topological polar surface area (TPSA) is 49.3 Å². The van der Waals surface area contributed by atoms with Gasteiger partial charge in [-0.1, -0.05) is 12.8 Å². The average Bonchev–Trinajstić information content (AvgIpc) is 3.00. The smallest absolute Gasteiger partial charge is 0.305 e. The van der Waals surface area contributed by atoms with Crippen molar-refractivity contribution in [3.05, 3.63) is 0 Å². The van der Waals surface area contributed by atoms with Crippen LogP contribution in [0.15, 0.2) is 0 Å². The van der Waals surface area contributed by atoms with E-state index < -0.39 is 5.97 Å². The molecular weight excluding hydrogens is 190 g/mol. The molecule has 86 valence electrons. The minimum absolute atomic E-state index is 0.114. The highest BCUT2D eigenvalue weighted by Gasteiger charge is 2.42. The number of nitrogens with one attached hydrogen (secondary N) is 1. The zero-order chi connectivity index (χ0) is 10.9. The fourth-order valence-electron chi connectivity index (χ4n) is 3.14. The van der Waals surface area contributed by atoms with Gasteiger partial charge in [0, 0.05) is 5.54 Å². The van der Waals surface area contributed by atoms with Crippen LogP contribution in [-0.4, -0.2) is 23.7 Å². The standard InChI is InChI=1S/C12H21NO2/c1-13-12(8-11(14)15)6-2-3-10(7-12)9-4-5-9/h9-10,13H,2-8H2,1H3,(H,14,15). The summed E-state index contributed by atoms with van der Waals surface area (Å²) in [6.45, 7) is 0. The van der Waals surface area contributed by atoms with E-state index >= 15 is 0 Å². The second kappa shape index (κ2) is 4.12. The van der Waals surface area contributed by atoms with Gasteiger partial charge >= 0.3 is 5.97 Å². The average molecular weight is 211 g/mol. The summed E-state index contributed by atoms with van der Waals surface area (Å²) < 4.78 is 0. The Balaban J connectivity index is 1.99. The van der Waals surface area contributed by atoms with E-state index in [1.165, 1.54) is 25.7 Å². The minimum atomic E-state index is -0.666. The number of hydrogen-bond acceptors (Lipinski definition) is 2. The molecule has 0 aromatic heterocycles. The number of carboxylic acid groups (broad SMARTS) is 1. The van der Waals surface area contributed by atoms with E-state index in [-0.39, 0.29) is 12.0 Å². The number of aliphatic carboxylic acids is 1. The lowest BCUT2D eigenvalue weighted by Gasteiger charge is -2.40. The molecule has 0 bridgehead atoms. The lowest BCUT2D eigenvalue weighted by Crippen LogP contribution is -2.48. The van der Waals surface area contributed by atoms with E-state index in [0.717, 1.165) is 24.7 Å². The van der Waals surface area contributed by atoms with Crippen LogP contribution in [0.25, 0.3) is 0 Å². The third-order valence-corrected chi connectivity index (χ3v) is 4.19. The van der Waals surface area contributed by atoms with Crippen molar-refractivity contribution in [2.45, 2.75) is 50.5 Å². The fourth-order valence-corrected chi connectivity index (χ4v) is 3.14. The highest BCUT2D eigenvalue weighted by Crippen LogP contribution is 2.47. The number of hydrogen-bond donors (Lipinski definition) is 2. The van der Waals surface area contributed by atoms with Crippen LogP contribution in [0.5, 0.6) is 0 Å². The van der Waals surface area contributed by atoms with Crippen LogP contribution in [0.3, 0.4) is 0 Å². The zero-order valence-corrected chi connectivity index (χ0v) is 9.46. The van der Waals surface area contributed by atoms with E-state index in [4.69, 9.17) is 5.11 Å². The predicted molar refractivity (Wildman–Crippen MR) is 58.7 cm³/mol. The molecule has 15 heavy (non-hydrogen) atoms. The molecule has 0 amide bonds. The van der Waals surface area contributed by atoms with Crippen molar-refractivity contribution in [2.24, 2.45) is 11.8 Å². The van der Waals surface area contributed by atoms with E-state index in [9.17, 15) is 4.79 Å². The highest BCUT2D eigenvalue weighted by atomic mass is 16.4. The van der Waals surface area contributed by atoms with Gasteiger partial charge < -0.3 is 10.4 Å². The molecule has 2 rings (SSSR count). The molecule has 2 N–H and O–H groups in total. The Kier molecular flexibility index (Phi) is 3.01. The first-order chi connectivity index (χ1) is 7.15. The number of carbonyl (C=O) groups is 1. The van der Waals surface area contributed by atoms with E-state index in [1.807, 2.05) is 7.05 Å². The Labute approximate surface area is 91.2 Å². The summed E-state index contributed by atoms with van der Waals surface area (Å²) in [6.07, 6.45) is 7.63. The Morgan fingerprint density at radius 2 is 2.13 bits per heavy atom. The summed E-state index contributed by atoms with van der Waals surface area (Å²) >= 11 is 0. The van der Waals surface area contributed by atoms with Gasteiger partial charge in [-0.25, -0.2) is 0 Å². The predicted octanol–water partition coefficient (Wildman–Crippen LogP) is 2.02. The van der Waals surface area contributed by atoms with Crippen LogP contribution in [0.2, 0.25) is 0 Å².